The standard InChI is InChI=1S/C23H26N4O4S/c1-15-14-16(2)18(4)23(17(15)3)32(30,31)26-12-10-25(11-13-26)21-8-7-20(27(28)29)19-6-5-9-24-22(19)21/h5-9,14H,10-13H2,1-4H3. The van der Waals surface area contributed by atoms with Crippen molar-refractivity contribution >= 4 is 32.3 Å². The summed E-state index contributed by atoms with van der Waals surface area (Å²) in [6.45, 7) is 9.21. The number of sulfonamides is 1. The number of benzene rings is 2. The molecule has 0 bridgehead atoms. The van der Waals surface area contributed by atoms with Crippen LogP contribution in [0.1, 0.15) is 22.3 Å². The Bertz CT molecular complexity index is 1300. The van der Waals surface area contributed by atoms with Crippen molar-refractivity contribution in [3.05, 3.63) is 68.9 Å². The zero-order valence-corrected chi connectivity index (χ0v) is 19.4. The van der Waals surface area contributed by atoms with Crippen LogP contribution in [-0.4, -0.2) is 48.8 Å². The molecule has 1 aromatic heterocycles. The molecule has 0 amide bonds. The Morgan fingerprint density at radius 3 is 2.19 bits per heavy atom. The average molecular weight is 455 g/mol. The second kappa shape index (κ2) is 8.14. The summed E-state index contributed by atoms with van der Waals surface area (Å²) in [4.78, 5) is 17.8. The number of rotatable bonds is 4. The Kier molecular flexibility index (Phi) is 5.64. The predicted molar refractivity (Wildman–Crippen MR) is 125 cm³/mol. The van der Waals surface area contributed by atoms with Crippen molar-refractivity contribution in [1.82, 2.24) is 9.29 Å². The zero-order valence-electron chi connectivity index (χ0n) is 18.6. The molecule has 2 heterocycles. The van der Waals surface area contributed by atoms with Crippen molar-refractivity contribution in [2.75, 3.05) is 31.1 Å². The van der Waals surface area contributed by atoms with E-state index in [1.165, 1.54) is 6.07 Å². The van der Waals surface area contributed by atoms with E-state index in [4.69, 9.17) is 0 Å². The van der Waals surface area contributed by atoms with E-state index in [0.29, 0.717) is 42.0 Å². The smallest absolute Gasteiger partial charge is 0.278 e. The van der Waals surface area contributed by atoms with Crippen LogP contribution in [0, 0.1) is 37.8 Å². The summed E-state index contributed by atoms with van der Waals surface area (Å²) < 4.78 is 28.6. The van der Waals surface area contributed by atoms with E-state index >= 15 is 0 Å². The fourth-order valence-corrected chi connectivity index (χ4v) is 6.42. The summed E-state index contributed by atoms with van der Waals surface area (Å²) >= 11 is 0. The number of non-ortho nitro benzene ring substituents is 1. The average Bonchev–Trinajstić information content (AvgIpc) is 2.77. The Morgan fingerprint density at radius 2 is 1.59 bits per heavy atom. The summed E-state index contributed by atoms with van der Waals surface area (Å²) in [7, 11) is -3.63. The molecular weight excluding hydrogens is 428 g/mol. The van der Waals surface area contributed by atoms with Gasteiger partial charge in [0.05, 0.1) is 20.9 Å². The van der Waals surface area contributed by atoms with Crippen molar-refractivity contribution in [2.24, 2.45) is 0 Å². The molecule has 1 fully saturated rings. The number of aryl methyl sites for hydroxylation is 2. The molecule has 0 radical (unpaired) electrons. The SMILES string of the molecule is Cc1cc(C)c(C)c(S(=O)(=O)N2CCN(c3ccc([N+](=O)[O-])c4cccnc34)CC2)c1C. The number of nitrogens with zero attached hydrogens (tertiary/aromatic N) is 4. The van der Waals surface area contributed by atoms with Crippen LogP contribution >= 0.6 is 0 Å². The van der Waals surface area contributed by atoms with Gasteiger partial charge in [-0.25, -0.2) is 8.42 Å². The number of hydrogen-bond acceptors (Lipinski definition) is 6. The first-order valence-corrected chi connectivity index (χ1v) is 11.9. The van der Waals surface area contributed by atoms with Crippen molar-refractivity contribution in [3.8, 4) is 0 Å². The van der Waals surface area contributed by atoms with Gasteiger partial charge in [0.25, 0.3) is 5.69 Å². The van der Waals surface area contributed by atoms with Gasteiger partial charge in [-0.15, -0.1) is 0 Å². The van der Waals surface area contributed by atoms with Crippen LogP contribution in [0.25, 0.3) is 10.9 Å². The monoisotopic (exact) mass is 454 g/mol. The van der Waals surface area contributed by atoms with E-state index in [-0.39, 0.29) is 5.69 Å². The number of piperazine rings is 1. The highest BCUT2D eigenvalue weighted by Crippen LogP contribution is 2.34. The van der Waals surface area contributed by atoms with Crippen LogP contribution in [0.4, 0.5) is 11.4 Å². The van der Waals surface area contributed by atoms with Crippen molar-refractivity contribution < 1.29 is 13.3 Å². The fraction of sp³-hybridized carbons (Fsp3) is 0.348. The van der Waals surface area contributed by atoms with Crippen LogP contribution in [0.5, 0.6) is 0 Å². The van der Waals surface area contributed by atoms with Gasteiger partial charge < -0.3 is 4.90 Å². The van der Waals surface area contributed by atoms with Crippen LogP contribution in [0.2, 0.25) is 0 Å². The largest absolute Gasteiger partial charge is 0.367 e. The molecule has 8 nitrogen and oxygen atoms in total. The maximum atomic E-state index is 13.5. The van der Waals surface area contributed by atoms with E-state index in [9.17, 15) is 18.5 Å². The van der Waals surface area contributed by atoms with Crippen LogP contribution in [0.15, 0.2) is 41.4 Å². The molecule has 2 aromatic carbocycles. The molecule has 9 heteroatoms. The molecular formula is C23H26N4O4S. The minimum absolute atomic E-state index is 0.0128. The molecule has 0 N–H and O–H groups in total. The van der Waals surface area contributed by atoms with Gasteiger partial charge in [-0.2, -0.15) is 4.31 Å². The van der Waals surface area contributed by atoms with E-state index in [1.54, 1.807) is 28.7 Å². The third kappa shape index (κ3) is 3.61. The van der Waals surface area contributed by atoms with Crippen molar-refractivity contribution in [3.63, 3.8) is 0 Å². The quantitative estimate of drug-likeness (QED) is 0.438. The summed E-state index contributed by atoms with van der Waals surface area (Å²) in [5.41, 5.74) is 4.87. The summed E-state index contributed by atoms with van der Waals surface area (Å²) in [5.74, 6) is 0. The highest BCUT2D eigenvalue weighted by atomic mass is 32.2. The lowest BCUT2D eigenvalue weighted by Gasteiger charge is -2.36. The molecule has 3 aromatic rings. The van der Waals surface area contributed by atoms with Gasteiger partial charge in [-0.3, -0.25) is 15.1 Å². The lowest BCUT2D eigenvalue weighted by atomic mass is 10.0. The molecule has 1 saturated heterocycles. The van der Waals surface area contributed by atoms with Gasteiger partial charge in [0.1, 0.15) is 5.52 Å². The fourth-order valence-electron chi connectivity index (χ4n) is 4.42. The van der Waals surface area contributed by atoms with Crippen molar-refractivity contribution in [2.45, 2.75) is 32.6 Å². The molecule has 0 saturated carbocycles. The van der Waals surface area contributed by atoms with Gasteiger partial charge in [0, 0.05) is 38.4 Å². The van der Waals surface area contributed by atoms with Gasteiger partial charge in [-0.05, 0) is 68.1 Å². The van der Waals surface area contributed by atoms with Gasteiger partial charge in [0.15, 0.2) is 0 Å². The number of hydrogen-bond donors (Lipinski definition) is 0. The van der Waals surface area contributed by atoms with E-state index in [0.717, 1.165) is 27.9 Å². The third-order valence-electron chi connectivity index (χ3n) is 6.40. The molecule has 0 spiro atoms. The zero-order chi connectivity index (χ0) is 23.2. The summed E-state index contributed by atoms with van der Waals surface area (Å²) in [6, 6.07) is 8.59. The molecule has 168 valence electrons. The topological polar surface area (TPSA) is 96.7 Å². The van der Waals surface area contributed by atoms with E-state index < -0.39 is 14.9 Å². The first-order valence-electron chi connectivity index (χ1n) is 10.5. The summed E-state index contributed by atoms with van der Waals surface area (Å²) in [6.07, 6.45) is 1.61. The maximum Gasteiger partial charge on any atom is 0.278 e. The minimum atomic E-state index is -3.63. The Balaban J connectivity index is 1.64. The molecule has 0 aliphatic carbocycles. The third-order valence-corrected chi connectivity index (χ3v) is 8.57. The minimum Gasteiger partial charge on any atom is -0.367 e. The molecule has 1 aliphatic rings. The lowest BCUT2D eigenvalue weighted by Crippen LogP contribution is -2.49. The molecule has 4 rings (SSSR count). The van der Waals surface area contributed by atoms with Crippen molar-refractivity contribution in [1.29, 1.82) is 0 Å². The van der Waals surface area contributed by atoms with Crippen LogP contribution in [-0.2, 0) is 10.0 Å². The number of anilines is 1. The second-order valence-corrected chi connectivity index (χ2v) is 10.1. The molecule has 32 heavy (non-hydrogen) atoms. The van der Waals surface area contributed by atoms with E-state index in [2.05, 4.69) is 4.98 Å². The Hall–Kier alpha value is -3.04. The molecule has 0 atom stereocenters. The maximum absolute atomic E-state index is 13.5. The van der Waals surface area contributed by atoms with Gasteiger partial charge >= 0.3 is 0 Å². The summed E-state index contributed by atoms with van der Waals surface area (Å²) in [5, 5.41) is 11.9. The first kappa shape index (κ1) is 22.2. The second-order valence-electron chi connectivity index (χ2n) is 8.24. The molecule has 1 aliphatic heterocycles. The van der Waals surface area contributed by atoms with Gasteiger partial charge in [-0.1, -0.05) is 6.07 Å². The number of pyridine rings is 1. The van der Waals surface area contributed by atoms with E-state index in [1.807, 2.05) is 38.7 Å². The number of aromatic nitrogens is 1. The Morgan fingerprint density at radius 1 is 0.969 bits per heavy atom. The molecule has 0 unspecified atom stereocenters. The predicted octanol–water partition coefficient (Wildman–Crippen LogP) is 3.89. The highest BCUT2D eigenvalue weighted by molar-refractivity contribution is 7.89. The number of nitro groups is 1. The highest BCUT2D eigenvalue weighted by Gasteiger charge is 2.32. The number of nitro benzene ring substituents is 1. The lowest BCUT2D eigenvalue weighted by molar-refractivity contribution is -0.383. The van der Waals surface area contributed by atoms with Crippen LogP contribution < -0.4 is 4.90 Å². The number of fused-ring (bicyclic) bond motifs is 1. The van der Waals surface area contributed by atoms with Crippen LogP contribution in [0.3, 0.4) is 0 Å². The van der Waals surface area contributed by atoms with Gasteiger partial charge in [0.2, 0.25) is 10.0 Å². The Labute approximate surface area is 187 Å². The first-order chi connectivity index (χ1) is 15.1. The normalized spacial score (nSPS) is 15.3.